The van der Waals surface area contributed by atoms with Crippen LogP contribution in [0, 0.1) is 5.92 Å². The van der Waals surface area contributed by atoms with Crippen molar-refractivity contribution in [3.63, 3.8) is 0 Å². The lowest BCUT2D eigenvalue weighted by Crippen LogP contribution is -2.45. The van der Waals surface area contributed by atoms with E-state index in [0.29, 0.717) is 0 Å². The lowest BCUT2D eigenvalue weighted by Gasteiger charge is -2.39. The molecule has 2 nitrogen and oxygen atoms in total. The van der Waals surface area contributed by atoms with Gasteiger partial charge in [0, 0.05) is 0 Å². The Morgan fingerprint density at radius 2 is 1.23 bits per heavy atom. The van der Waals surface area contributed by atoms with Crippen molar-refractivity contribution in [1.29, 1.82) is 0 Å². The molecule has 2 aromatic carbocycles. The summed E-state index contributed by atoms with van der Waals surface area (Å²) in [5, 5.41) is 22.6. The Hall–Kier alpha value is -1.64. The molecule has 0 heterocycles. The SMILES string of the molecule is OC(C1CCCCC1)C(O)(c1ccccc1)c1ccccc1. The predicted octanol–water partition coefficient (Wildman–Crippen LogP) is 3.86. The Bertz CT molecular complexity index is 534. The first-order valence-corrected chi connectivity index (χ1v) is 8.24. The first kappa shape index (κ1) is 15.3. The van der Waals surface area contributed by atoms with Gasteiger partial charge in [0.2, 0.25) is 0 Å². The fraction of sp³-hybridized carbons (Fsp3) is 0.400. The van der Waals surface area contributed by atoms with Gasteiger partial charge in [0.15, 0.2) is 0 Å². The van der Waals surface area contributed by atoms with Gasteiger partial charge in [0.25, 0.3) is 0 Å². The summed E-state index contributed by atoms with van der Waals surface area (Å²) in [5.74, 6) is 0.152. The summed E-state index contributed by atoms with van der Waals surface area (Å²) in [5.41, 5.74) is 0.184. The summed E-state index contributed by atoms with van der Waals surface area (Å²) in [7, 11) is 0. The molecule has 3 rings (SSSR count). The third-order valence-electron chi connectivity index (χ3n) is 4.95. The van der Waals surface area contributed by atoms with E-state index in [2.05, 4.69) is 0 Å². The zero-order valence-corrected chi connectivity index (χ0v) is 12.9. The van der Waals surface area contributed by atoms with Crippen LogP contribution in [0.5, 0.6) is 0 Å². The number of aliphatic hydroxyl groups is 2. The highest BCUT2D eigenvalue weighted by atomic mass is 16.3. The second-order valence-electron chi connectivity index (χ2n) is 6.34. The van der Waals surface area contributed by atoms with Crippen molar-refractivity contribution >= 4 is 0 Å². The average Bonchev–Trinajstić information content (AvgIpc) is 2.62. The molecule has 1 atom stereocenters. The van der Waals surface area contributed by atoms with Crippen LogP contribution in [0.2, 0.25) is 0 Å². The summed E-state index contributed by atoms with van der Waals surface area (Å²) in [6, 6.07) is 19.1. The van der Waals surface area contributed by atoms with Crippen LogP contribution in [-0.4, -0.2) is 16.3 Å². The summed E-state index contributed by atoms with van der Waals surface area (Å²) in [6.45, 7) is 0. The molecule has 116 valence electrons. The standard InChI is InChI=1S/C20H24O2/c21-19(16-10-4-1-5-11-16)20(22,17-12-6-2-7-13-17)18-14-8-3-9-15-18/h2-3,6-9,12-16,19,21-22H,1,4-5,10-11H2. The molecule has 0 bridgehead atoms. The Kier molecular flexibility index (Phi) is 4.60. The summed E-state index contributed by atoms with van der Waals surface area (Å²) >= 11 is 0. The van der Waals surface area contributed by atoms with Crippen molar-refractivity contribution in [3.05, 3.63) is 71.8 Å². The van der Waals surface area contributed by atoms with Crippen LogP contribution in [0.25, 0.3) is 0 Å². The summed E-state index contributed by atoms with van der Waals surface area (Å²) in [4.78, 5) is 0. The van der Waals surface area contributed by atoms with E-state index < -0.39 is 11.7 Å². The molecule has 2 aromatic rings. The third-order valence-corrected chi connectivity index (χ3v) is 4.95. The molecule has 1 unspecified atom stereocenters. The quantitative estimate of drug-likeness (QED) is 0.899. The molecule has 0 aliphatic heterocycles. The normalized spacial score (nSPS) is 18.1. The van der Waals surface area contributed by atoms with E-state index in [0.717, 1.165) is 36.8 Å². The van der Waals surface area contributed by atoms with Crippen LogP contribution < -0.4 is 0 Å². The predicted molar refractivity (Wildman–Crippen MR) is 88.5 cm³/mol. The van der Waals surface area contributed by atoms with Crippen molar-refractivity contribution in [2.24, 2.45) is 5.92 Å². The fourth-order valence-corrected chi connectivity index (χ4v) is 3.68. The van der Waals surface area contributed by atoms with Gasteiger partial charge in [-0.1, -0.05) is 79.9 Å². The fourth-order valence-electron chi connectivity index (χ4n) is 3.68. The third kappa shape index (κ3) is 2.81. The molecule has 2 N–H and O–H groups in total. The van der Waals surface area contributed by atoms with Gasteiger partial charge in [-0.3, -0.25) is 0 Å². The number of hydrogen-bond acceptors (Lipinski definition) is 2. The van der Waals surface area contributed by atoms with Gasteiger partial charge in [0.1, 0.15) is 5.60 Å². The van der Waals surface area contributed by atoms with Crippen molar-refractivity contribution in [2.75, 3.05) is 0 Å². The van der Waals surface area contributed by atoms with Crippen LogP contribution in [0.3, 0.4) is 0 Å². The molecule has 0 spiro atoms. The van der Waals surface area contributed by atoms with E-state index in [4.69, 9.17) is 0 Å². The maximum Gasteiger partial charge on any atom is 0.141 e. The first-order valence-electron chi connectivity index (χ1n) is 8.24. The van der Waals surface area contributed by atoms with Crippen LogP contribution in [0.15, 0.2) is 60.7 Å². The zero-order valence-electron chi connectivity index (χ0n) is 12.9. The minimum atomic E-state index is -1.34. The summed E-state index contributed by atoms with van der Waals surface area (Å²) < 4.78 is 0. The van der Waals surface area contributed by atoms with Gasteiger partial charge >= 0.3 is 0 Å². The topological polar surface area (TPSA) is 40.5 Å². The van der Waals surface area contributed by atoms with Crippen molar-refractivity contribution in [1.82, 2.24) is 0 Å². The minimum absolute atomic E-state index is 0.152. The van der Waals surface area contributed by atoms with Crippen LogP contribution in [-0.2, 0) is 5.60 Å². The molecule has 2 heteroatoms. The molecule has 1 aliphatic rings. The molecule has 1 aliphatic carbocycles. The molecule has 0 aromatic heterocycles. The molecule has 1 fully saturated rings. The van der Waals surface area contributed by atoms with Crippen molar-refractivity contribution in [3.8, 4) is 0 Å². The molecule has 0 saturated heterocycles. The van der Waals surface area contributed by atoms with Gasteiger partial charge in [-0.25, -0.2) is 0 Å². The summed E-state index contributed by atoms with van der Waals surface area (Å²) in [6.07, 6.45) is 4.71. The smallest absolute Gasteiger partial charge is 0.141 e. The minimum Gasteiger partial charge on any atom is -0.389 e. The van der Waals surface area contributed by atoms with Gasteiger partial charge in [-0.15, -0.1) is 0 Å². The van der Waals surface area contributed by atoms with E-state index in [1.807, 2.05) is 60.7 Å². The number of aliphatic hydroxyl groups excluding tert-OH is 1. The largest absolute Gasteiger partial charge is 0.389 e. The van der Waals surface area contributed by atoms with Crippen LogP contribution in [0.4, 0.5) is 0 Å². The highest BCUT2D eigenvalue weighted by molar-refractivity contribution is 5.37. The lowest BCUT2D eigenvalue weighted by molar-refractivity contribution is -0.0856. The second-order valence-corrected chi connectivity index (χ2v) is 6.34. The maximum absolute atomic E-state index is 11.5. The highest BCUT2D eigenvalue weighted by Crippen LogP contribution is 2.40. The van der Waals surface area contributed by atoms with Crippen LogP contribution in [0.1, 0.15) is 43.2 Å². The van der Waals surface area contributed by atoms with E-state index >= 15 is 0 Å². The Balaban J connectivity index is 2.03. The molecular formula is C20H24O2. The van der Waals surface area contributed by atoms with E-state index in [-0.39, 0.29) is 5.92 Å². The van der Waals surface area contributed by atoms with E-state index in [1.165, 1.54) is 6.42 Å². The van der Waals surface area contributed by atoms with Gasteiger partial charge in [-0.05, 0) is 29.9 Å². The highest BCUT2D eigenvalue weighted by Gasteiger charge is 2.43. The lowest BCUT2D eigenvalue weighted by atomic mass is 9.72. The number of benzene rings is 2. The van der Waals surface area contributed by atoms with Gasteiger partial charge in [0.05, 0.1) is 6.10 Å². The molecule has 0 amide bonds. The molecule has 22 heavy (non-hydrogen) atoms. The van der Waals surface area contributed by atoms with E-state index in [1.54, 1.807) is 0 Å². The van der Waals surface area contributed by atoms with Crippen molar-refractivity contribution < 1.29 is 10.2 Å². The van der Waals surface area contributed by atoms with E-state index in [9.17, 15) is 10.2 Å². The Morgan fingerprint density at radius 1 is 0.773 bits per heavy atom. The second kappa shape index (κ2) is 6.64. The van der Waals surface area contributed by atoms with Crippen LogP contribution >= 0.6 is 0 Å². The maximum atomic E-state index is 11.5. The molecular weight excluding hydrogens is 272 g/mol. The van der Waals surface area contributed by atoms with Gasteiger partial charge < -0.3 is 10.2 Å². The first-order chi connectivity index (χ1) is 10.7. The Morgan fingerprint density at radius 3 is 1.68 bits per heavy atom. The number of rotatable bonds is 4. The Labute approximate surface area is 132 Å². The van der Waals surface area contributed by atoms with Gasteiger partial charge in [-0.2, -0.15) is 0 Å². The zero-order chi connectivity index (χ0) is 15.4. The van der Waals surface area contributed by atoms with Crippen molar-refractivity contribution in [2.45, 2.75) is 43.8 Å². The average molecular weight is 296 g/mol. The molecule has 0 radical (unpaired) electrons. The monoisotopic (exact) mass is 296 g/mol. The molecule has 1 saturated carbocycles. The number of hydrogen-bond donors (Lipinski definition) is 2.